The van der Waals surface area contributed by atoms with Crippen molar-refractivity contribution in [2.24, 2.45) is 0 Å². The molecule has 2 rings (SSSR count). The van der Waals surface area contributed by atoms with E-state index in [0.717, 1.165) is 21.3 Å². The molecule has 0 saturated heterocycles. The lowest BCUT2D eigenvalue weighted by Crippen LogP contribution is -2.23. The first-order valence-electron chi connectivity index (χ1n) is 6.61. The maximum Gasteiger partial charge on any atom is 0.323 e. The molecular weight excluding hydrogens is 328 g/mol. The van der Waals surface area contributed by atoms with E-state index in [9.17, 15) is 4.79 Å². The Morgan fingerprint density at radius 3 is 2.38 bits per heavy atom. The summed E-state index contributed by atoms with van der Waals surface area (Å²) in [4.78, 5) is 11.8. The molecule has 3 nitrogen and oxygen atoms in total. The van der Waals surface area contributed by atoms with E-state index in [1.807, 2.05) is 62.4 Å². The van der Waals surface area contributed by atoms with Crippen molar-refractivity contribution in [3.8, 4) is 0 Å². The minimum absolute atomic E-state index is 0.275. The average Bonchev–Trinajstić information content (AvgIpc) is 2.44. The molecule has 0 spiro atoms. The van der Waals surface area contributed by atoms with Crippen molar-refractivity contribution < 1.29 is 4.79 Å². The van der Waals surface area contributed by atoms with Gasteiger partial charge >= 0.3 is 6.03 Å². The Bertz CT molecular complexity index is 663. The van der Waals surface area contributed by atoms with Crippen LogP contribution in [0.1, 0.15) is 16.7 Å². The van der Waals surface area contributed by atoms with Crippen LogP contribution in [0.25, 0.3) is 6.08 Å². The van der Waals surface area contributed by atoms with Gasteiger partial charge in [0.1, 0.15) is 0 Å². The zero-order valence-electron chi connectivity index (χ0n) is 12.0. The number of rotatable bonds is 3. The van der Waals surface area contributed by atoms with Gasteiger partial charge in [-0.15, -0.1) is 0 Å². The molecule has 0 fully saturated rings. The minimum atomic E-state index is -0.275. The second-order valence-corrected chi connectivity index (χ2v) is 5.68. The highest BCUT2D eigenvalue weighted by Gasteiger charge is 2.03. The quantitative estimate of drug-likeness (QED) is 0.820. The number of halogens is 1. The van der Waals surface area contributed by atoms with Crippen LogP contribution in [-0.4, -0.2) is 6.03 Å². The maximum absolute atomic E-state index is 11.8. The Kier molecular flexibility index (Phi) is 5.17. The van der Waals surface area contributed by atoms with Crippen LogP contribution in [0.4, 0.5) is 10.5 Å². The minimum Gasteiger partial charge on any atom is -0.314 e. The Labute approximate surface area is 133 Å². The standard InChI is InChI=1S/C17H17BrN2O/c1-12-3-6-14(7-4-12)9-10-19-17(21)20-16-8-5-13(2)11-15(16)18/h3-11H,1-2H3,(H2,19,20,21)/b10-9+. The van der Waals surface area contributed by atoms with Crippen LogP contribution in [-0.2, 0) is 0 Å². The van der Waals surface area contributed by atoms with Gasteiger partial charge < -0.3 is 10.6 Å². The van der Waals surface area contributed by atoms with Crippen molar-refractivity contribution >= 4 is 33.7 Å². The van der Waals surface area contributed by atoms with Crippen LogP contribution < -0.4 is 10.6 Å². The first kappa shape index (κ1) is 15.3. The van der Waals surface area contributed by atoms with Gasteiger partial charge in [-0.05, 0) is 59.1 Å². The lowest BCUT2D eigenvalue weighted by Gasteiger charge is -2.07. The predicted octanol–water partition coefficient (Wildman–Crippen LogP) is 4.86. The van der Waals surface area contributed by atoms with Gasteiger partial charge in [0.25, 0.3) is 0 Å². The van der Waals surface area contributed by atoms with Crippen LogP contribution in [0.15, 0.2) is 53.1 Å². The third kappa shape index (κ3) is 4.76. The number of benzene rings is 2. The van der Waals surface area contributed by atoms with Gasteiger partial charge in [0, 0.05) is 10.7 Å². The molecule has 2 aromatic carbocycles. The van der Waals surface area contributed by atoms with Crippen molar-refractivity contribution in [1.82, 2.24) is 5.32 Å². The zero-order chi connectivity index (χ0) is 15.2. The summed E-state index contributed by atoms with van der Waals surface area (Å²) in [6.07, 6.45) is 3.48. The van der Waals surface area contributed by atoms with Gasteiger partial charge in [-0.1, -0.05) is 35.9 Å². The molecule has 2 N–H and O–H groups in total. The van der Waals surface area contributed by atoms with Gasteiger partial charge in [-0.3, -0.25) is 0 Å². The number of aryl methyl sites for hydroxylation is 2. The third-order valence-corrected chi connectivity index (χ3v) is 3.60. The fraction of sp³-hybridized carbons (Fsp3) is 0.118. The molecule has 0 heterocycles. The number of nitrogens with one attached hydrogen (secondary N) is 2. The van der Waals surface area contributed by atoms with Crippen LogP contribution in [0, 0.1) is 13.8 Å². The highest BCUT2D eigenvalue weighted by atomic mass is 79.9. The van der Waals surface area contributed by atoms with Crippen LogP contribution in [0.2, 0.25) is 0 Å². The Hall–Kier alpha value is -2.07. The van der Waals surface area contributed by atoms with E-state index >= 15 is 0 Å². The Morgan fingerprint density at radius 2 is 1.71 bits per heavy atom. The smallest absolute Gasteiger partial charge is 0.314 e. The summed E-state index contributed by atoms with van der Waals surface area (Å²) >= 11 is 3.43. The monoisotopic (exact) mass is 344 g/mol. The van der Waals surface area contributed by atoms with Crippen LogP contribution in [0.5, 0.6) is 0 Å². The molecule has 0 aromatic heterocycles. The number of anilines is 1. The SMILES string of the molecule is Cc1ccc(/C=C/NC(=O)Nc2ccc(C)cc2Br)cc1. The molecule has 21 heavy (non-hydrogen) atoms. The molecule has 0 saturated carbocycles. The normalized spacial score (nSPS) is 10.6. The molecular formula is C17H17BrN2O. The molecule has 0 radical (unpaired) electrons. The number of hydrogen-bond acceptors (Lipinski definition) is 1. The summed E-state index contributed by atoms with van der Waals surface area (Å²) in [7, 11) is 0. The van der Waals surface area contributed by atoms with Crippen LogP contribution >= 0.6 is 15.9 Å². The number of carbonyl (C=O) groups is 1. The van der Waals surface area contributed by atoms with Crippen LogP contribution in [0.3, 0.4) is 0 Å². The highest BCUT2D eigenvalue weighted by Crippen LogP contribution is 2.23. The molecule has 0 unspecified atom stereocenters. The Morgan fingerprint density at radius 1 is 1.05 bits per heavy atom. The number of carbonyl (C=O) groups excluding carboxylic acids is 1. The van der Waals surface area contributed by atoms with Gasteiger partial charge in [-0.2, -0.15) is 0 Å². The summed E-state index contributed by atoms with van der Waals surface area (Å²) < 4.78 is 0.861. The molecule has 2 amide bonds. The summed E-state index contributed by atoms with van der Waals surface area (Å²) in [6.45, 7) is 4.04. The topological polar surface area (TPSA) is 41.1 Å². The van der Waals surface area contributed by atoms with Gasteiger partial charge in [0.2, 0.25) is 0 Å². The molecule has 0 aliphatic carbocycles. The van der Waals surface area contributed by atoms with E-state index in [1.54, 1.807) is 6.20 Å². The van der Waals surface area contributed by atoms with Gasteiger partial charge in [-0.25, -0.2) is 4.79 Å². The largest absolute Gasteiger partial charge is 0.323 e. The maximum atomic E-state index is 11.8. The fourth-order valence-electron chi connectivity index (χ4n) is 1.77. The summed E-state index contributed by atoms with van der Waals surface area (Å²) in [5, 5.41) is 5.47. The number of urea groups is 1. The molecule has 0 bridgehead atoms. The van der Waals surface area contributed by atoms with E-state index in [1.165, 1.54) is 5.56 Å². The van der Waals surface area contributed by atoms with E-state index < -0.39 is 0 Å². The van der Waals surface area contributed by atoms with Gasteiger partial charge in [0.15, 0.2) is 0 Å². The van der Waals surface area contributed by atoms with Crippen molar-refractivity contribution in [3.63, 3.8) is 0 Å². The van der Waals surface area contributed by atoms with E-state index in [0.29, 0.717) is 0 Å². The van der Waals surface area contributed by atoms with Crippen molar-refractivity contribution in [2.45, 2.75) is 13.8 Å². The summed E-state index contributed by atoms with van der Waals surface area (Å²) in [5.74, 6) is 0. The van der Waals surface area contributed by atoms with Crippen molar-refractivity contribution in [1.29, 1.82) is 0 Å². The Balaban J connectivity index is 1.91. The van der Waals surface area contributed by atoms with E-state index in [4.69, 9.17) is 0 Å². The second-order valence-electron chi connectivity index (χ2n) is 4.83. The fourth-order valence-corrected chi connectivity index (χ4v) is 2.36. The average molecular weight is 345 g/mol. The lowest BCUT2D eigenvalue weighted by atomic mass is 10.1. The molecule has 0 aliphatic heterocycles. The number of amides is 2. The van der Waals surface area contributed by atoms with Crippen molar-refractivity contribution in [3.05, 3.63) is 69.8 Å². The summed E-state index contributed by atoms with van der Waals surface area (Å²) in [6, 6.07) is 13.6. The third-order valence-electron chi connectivity index (χ3n) is 2.94. The molecule has 4 heteroatoms. The first-order valence-corrected chi connectivity index (χ1v) is 7.41. The van der Waals surface area contributed by atoms with Crippen molar-refractivity contribution in [2.75, 3.05) is 5.32 Å². The molecule has 0 atom stereocenters. The van der Waals surface area contributed by atoms with E-state index in [2.05, 4.69) is 26.6 Å². The highest BCUT2D eigenvalue weighted by molar-refractivity contribution is 9.10. The molecule has 0 aliphatic rings. The first-order chi connectivity index (χ1) is 10.0. The predicted molar refractivity (Wildman–Crippen MR) is 91.2 cm³/mol. The van der Waals surface area contributed by atoms with Gasteiger partial charge in [0.05, 0.1) is 5.69 Å². The van der Waals surface area contributed by atoms with E-state index in [-0.39, 0.29) is 6.03 Å². The lowest BCUT2D eigenvalue weighted by molar-refractivity contribution is 0.255. The molecule has 2 aromatic rings. The second kappa shape index (κ2) is 7.09. The number of hydrogen-bond donors (Lipinski definition) is 2. The zero-order valence-corrected chi connectivity index (χ0v) is 13.6. The molecule has 108 valence electrons. The summed E-state index contributed by atoms with van der Waals surface area (Å²) in [5.41, 5.74) is 4.12.